The van der Waals surface area contributed by atoms with E-state index in [1.807, 2.05) is 13.0 Å². The zero-order valence-electron chi connectivity index (χ0n) is 9.20. The van der Waals surface area contributed by atoms with Gasteiger partial charge in [-0.3, -0.25) is 4.99 Å². The zero-order valence-corrected chi connectivity index (χ0v) is 9.20. The fourth-order valence-electron chi connectivity index (χ4n) is 1.77. The Morgan fingerprint density at radius 3 is 2.67 bits per heavy atom. The Hall–Kier alpha value is -1.57. The van der Waals surface area contributed by atoms with Gasteiger partial charge in [-0.1, -0.05) is 37.3 Å². The molecule has 1 atom stereocenters. The molecule has 1 aromatic rings. The molecule has 2 nitrogen and oxygen atoms in total. The fourth-order valence-corrected chi connectivity index (χ4v) is 1.77. The highest BCUT2D eigenvalue weighted by molar-refractivity contribution is 5.82. The maximum atomic E-state index is 4.58. The second-order valence-corrected chi connectivity index (χ2v) is 3.74. The summed E-state index contributed by atoms with van der Waals surface area (Å²) in [7, 11) is 0. The van der Waals surface area contributed by atoms with E-state index in [2.05, 4.69) is 47.6 Å². The van der Waals surface area contributed by atoms with Crippen LogP contribution in [0.3, 0.4) is 0 Å². The lowest BCUT2D eigenvalue weighted by atomic mass is 10.0. The second kappa shape index (κ2) is 4.30. The largest absolute Gasteiger partial charge is 0.348 e. The van der Waals surface area contributed by atoms with Gasteiger partial charge < -0.3 is 5.32 Å². The number of hydrogen-bond donors (Lipinski definition) is 1. The summed E-state index contributed by atoms with van der Waals surface area (Å²) < 4.78 is 0. The van der Waals surface area contributed by atoms with Crippen molar-refractivity contribution in [3.63, 3.8) is 0 Å². The Labute approximate surface area is 90.7 Å². The summed E-state index contributed by atoms with van der Waals surface area (Å²) in [5, 5.41) is 3.28. The quantitative estimate of drug-likeness (QED) is 0.779. The molecule has 0 amide bonds. The van der Waals surface area contributed by atoms with Gasteiger partial charge in [-0.25, -0.2) is 0 Å². The Morgan fingerprint density at radius 1 is 1.27 bits per heavy atom. The van der Waals surface area contributed by atoms with Gasteiger partial charge in [0, 0.05) is 5.70 Å². The van der Waals surface area contributed by atoms with E-state index in [4.69, 9.17) is 0 Å². The molecule has 0 saturated heterocycles. The zero-order chi connectivity index (χ0) is 10.7. The van der Waals surface area contributed by atoms with E-state index in [-0.39, 0.29) is 6.04 Å². The standard InChI is InChI=1S/C13H16N2/c1-3-12-9-13(15-10(2)14-12)11-7-5-4-6-8-11/h4-9,13H,3H2,1-2H3,(H,14,15). The minimum absolute atomic E-state index is 0.183. The first-order valence-electron chi connectivity index (χ1n) is 5.36. The number of nitrogens with zero attached hydrogens (tertiary/aromatic N) is 1. The van der Waals surface area contributed by atoms with Crippen LogP contribution in [0, 0.1) is 0 Å². The van der Waals surface area contributed by atoms with Crippen LogP contribution < -0.4 is 5.32 Å². The lowest BCUT2D eigenvalue weighted by Gasteiger charge is -2.20. The Bertz CT molecular complexity index is 390. The summed E-state index contributed by atoms with van der Waals surface area (Å²) in [6.45, 7) is 4.16. The van der Waals surface area contributed by atoms with Crippen molar-refractivity contribution in [3.8, 4) is 0 Å². The smallest absolute Gasteiger partial charge is 0.0984 e. The number of amidine groups is 1. The molecule has 2 rings (SSSR count). The van der Waals surface area contributed by atoms with Gasteiger partial charge in [0.15, 0.2) is 0 Å². The van der Waals surface area contributed by atoms with Crippen molar-refractivity contribution in [1.29, 1.82) is 0 Å². The third-order valence-corrected chi connectivity index (χ3v) is 2.56. The molecule has 1 heterocycles. The van der Waals surface area contributed by atoms with Gasteiger partial charge in [0.1, 0.15) is 0 Å². The van der Waals surface area contributed by atoms with Crippen LogP contribution in [0.5, 0.6) is 0 Å². The highest BCUT2D eigenvalue weighted by Gasteiger charge is 2.12. The number of rotatable bonds is 2. The lowest BCUT2D eigenvalue weighted by Crippen LogP contribution is -2.24. The van der Waals surface area contributed by atoms with Gasteiger partial charge in [-0.2, -0.15) is 0 Å². The number of benzene rings is 1. The van der Waals surface area contributed by atoms with Gasteiger partial charge in [-0.15, -0.1) is 0 Å². The number of nitrogens with one attached hydrogen (secondary N) is 1. The number of allylic oxidation sites excluding steroid dienone is 1. The molecule has 2 heteroatoms. The molecule has 1 aliphatic heterocycles. The second-order valence-electron chi connectivity index (χ2n) is 3.74. The van der Waals surface area contributed by atoms with Crippen LogP contribution in [0.1, 0.15) is 31.9 Å². The Morgan fingerprint density at radius 2 is 2.00 bits per heavy atom. The molecule has 1 N–H and O–H groups in total. The molecular formula is C13H16N2. The average Bonchev–Trinajstić information content (AvgIpc) is 2.29. The highest BCUT2D eigenvalue weighted by Crippen LogP contribution is 2.23. The van der Waals surface area contributed by atoms with Crippen molar-refractivity contribution < 1.29 is 0 Å². The molecule has 15 heavy (non-hydrogen) atoms. The molecule has 78 valence electrons. The first kappa shape index (κ1) is 9.97. The molecule has 0 saturated carbocycles. The molecule has 0 fully saturated rings. The SMILES string of the molecule is CCC1=CC(c2ccccc2)N=C(C)N1. The van der Waals surface area contributed by atoms with E-state index in [1.54, 1.807) is 0 Å². The average molecular weight is 200 g/mol. The molecule has 0 bridgehead atoms. The van der Waals surface area contributed by atoms with Crippen LogP contribution in [0.4, 0.5) is 0 Å². The van der Waals surface area contributed by atoms with E-state index in [0.717, 1.165) is 12.3 Å². The van der Waals surface area contributed by atoms with Crippen molar-refractivity contribution in [1.82, 2.24) is 5.32 Å². The van der Waals surface area contributed by atoms with Crippen molar-refractivity contribution >= 4 is 5.84 Å². The van der Waals surface area contributed by atoms with Crippen LogP contribution in [-0.4, -0.2) is 5.84 Å². The van der Waals surface area contributed by atoms with Gasteiger partial charge >= 0.3 is 0 Å². The molecule has 0 aromatic heterocycles. The van der Waals surface area contributed by atoms with Gasteiger partial charge in [0.2, 0.25) is 0 Å². The van der Waals surface area contributed by atoms with Crippen molar-refractivity contribution in [2.45, 2.75) is 26.3 Å². The van der Waals surface area contributed by atoms with E-state index >= 15 is 0 Å². The van der Waals surface area contributed by atoms with Crippen molar-refractivity contribution in [2.75, 3.05) is 0 Å². The summed E-state index contributed by atoms with van der Waals surface area (Å²) in [5.41, 5.74) is 2.51. The molecule has 0 radical (unpaired) electrons. The van der Waals surface area contributed by atoms with E-state index in [0.29, 0.717) is 0 Å². The summed E-state index contributed by atoms with van der Waals surface area (Å²) in [6.07, 6.45) is 3.22. The van der Waals surface area contributed by atoms with Crippen LogP contribution in [0.2, 0.25) is 0 Å². The minimum atomic E-state index is 0.183. The van der Waals surface area contributed by atoms with Crippen LogP contribution in [0.25, 0.3) is 0 Å². The first-order valence-corrected chi connectivity index (χ1v) is 5.36. The third-order valence-electron chi connectivity index (χ3n) is 2.56. The molecule has 0 spiro atoms. The van der Waals surface area contributed by atoms with E-state index < -0.39 is 0 Å². The summed E-state index contributed by atoms with van der Waals surface area (Å²) in [4.78, 5) is 4.58. The van der Waals surface area contributed by atoms with Crippen molar-refractivity contribution in [3.05, 3.63) is 47.7 Å². The van der Waals surface area contributed by atoms with Gasteiger partial charge in [-0.05, 0) is 25.0 Å². The lowest BCUT2D eigenvalue weighted by molar-refractivity contribution is 0.814. The fraction of sp³-hybridized carbons (Fsp3) is 0.308. The Balaban J connectivity index is 2.29. The molecule has 1 aliphatic rings. The summed E-state index contributed by atoms with van der Waals surface area (Å²) in [6, 6.07) is 10.6. The van der Waals surface area contributed by atoms with E-state index in [9.17, 15) is 0 Å². The third kappa shape index (κ3) is 2.27. The normalized spacial score (nSPS) is 20.3. The molecular weight excluding hydrogens is 184 g/mol. The predicted molar refractivity (Wildman–Crippen MR) is 63.8 cm³/mol. The van der Waals surface area contributed by atoms with Crippen LogP contribution in [0.15, 0.2) is 47.1 Å². The van der Waals surface area contributed by atoms with Crippen LogP contribution >= 0.6 is 0 Å². The van der Waals surface area contributed by atoms with Crippen molar-refractivity contribution in [2.24, 2.45) is 4.99 Å². The maximum absolute atomic E-state index is 4.58. The minimum Gasteiger partial charge on any atom is -0.348 e. The monoisotopic (exact) mass is 200 g/mol. The Kier molecular flexibility index (Phi) is 2.86. The summed E-state index contributed by atoms with van der Waals surface area (Å²) in [5.74, 6) is 1.00. The molecule has 0 aliphatic carbocycles. The van der Waals surface area contributed by atoms with Crippen LogP contribution in [-0.2, 0) is 0 Å². The maximum Gasteiger partial charge on any atom is 0.0984 e. The predicted octanol–water partition coefficient (Wildman–Crippen LogP) is 3.04. The number of aliphatic imine (C=N–C) groups is 1. The van der Waals surface area contributed by atoms with Gasteiger partial charge in [0.25, 0.3) is 0 Å². The summed E-state index contributed by atoms with van der Waals surface area (Å²) >= 11 is 0. The van der Waals surface area contributed by atoms with Gasteiger partial charge in [0.05, 0.1) is 11.9 Å². The topological polar surface area (TPSA) is 24.4 Å². The molecule has 1 unspecified atom stereocenters. The van der Waals surface area contributed by atoms with E-state index in [1.165, 1.54) is 11.3 Å². The molecule has 1 aromatic carbocycles. The highest BCUT2D eigenvalue weighted by atomic mass is 15.0. The number of hydrogen-bond acceptors (Lipinski definition) is 2. The first-order chi connectivity index (χ1) is 7.29.